The van der Waals surface area contributed by atoms with Crippen LogP contribution in [0, 0.1) is 11.8 Å². The van der Waals surface area contributed by atoms with Crippen molar-refractivity contribution in [1.82, 2.24) is 5.32 Å². The summed E-state index contributed by atoms with van der Waals surface area (Å²) in [7, 11) is 0. The Morgan fingerprint density at radius 1 is 1.54 bits per heavy atom. The molecule has 2 unspecified atom stereocenters. The third-order valence-electron chi connectivity index (χ3n) is 3.20. The summed E-state index contributed by atoms with van der Waals surface area (Å²) in [6, 6.07) is 0.862. The maximum absolute atomic E-state index is 3.36. The minimum Gasteiger partial charge on any atom is -0.311 e. The average molecular weight is 179 g/mol. The molecule has 1 saturated carbocycles. The van der Waals surface area contributed by atoms with E-state index in [1.807, 2.05) is 0 Å². The van der Waals surface area contributed by atoms with Gasteiger partial charge >= 0.3 is 0 Å². The van der Waals surface area contributed by atoms with Crippen LogP contribution in [0.25, 0.3) is 0 Å². The van der Waals surface area contributed by atoms with Crippen molar-refractivity contribution in [1.29, 1.82) is 0 Å². The molecule has 1 N–H and O–H groups in total. The lowest BCUT2D eigenvalue weighted by Gasteiger charge is -2.26. The molecule has 74 valence electrons. The van der Waals surface area contributed by atoms with Crippen LogP contribution in [0.5, 0.6) is 0 Å². The van der Waals surface area contributed by atoms with Gasteiger partial charge < -0.3 is 5.32 Å². The molecule has 2 atom stereocenters. The molecule has 1 aliphatic heterocycles. The van der Waals surface area contributed by atoms with E-state index in [1.54, 1.807) is 5.57 Å². The van der Waals surface area contributed by atoms with Crippen molar-refractivity contribution in [3.05, 3.63) is 11.6 Å². The molecule has 0 amide bonds. The Morgan fingerprint density at radius 3 is 2.77 bits per heavy atom. The second-order valence-corrected chi connectivity index (χ2v) is 5.00. The van der Waals surface area contributed by atoms with Gasteiger partial charge in [0.25, 0.3) is 0 Å². The highest BCUT2D eigenvalue weighted by molar-refractivity contribution is 5.13. The molecule has 2 rings (SSSR count). The lowest BCUT2D eigenvalue weighted by Crippen LogP contribution is -2.11. The standard InChI is InChI=1S/C12H21N/c1-9(3-4-12-8-13-12)5-11-6-10(2)7-11/h5,9-10,12-13H,3-4,6-8H2,1-2H3. The molecule has 0 aromatic heterocycles. The minimum atomic E-state index is 0.810. The van der Waals surface area contributed by atoms with Gasteiger partial charge in [-0.2, -0.15) is 0 Å². The molecule has 0 spiro atoms. The fraction of sp³-hybridized carbons (Fsp3) is 0.833. The quantitative estimate of drug-likeness (QED) is 0.520. The van der Waals surface area contributed by atoms with Gasteiger partial charge in [0, 0.05) is 12.6 Å². The highest BCUT2D eigenvalue weighted by Gasteiger charge is 2.21. The molecule has 2 aliphatic rings. The largest absolute Gasteiger partial charge is 0.311 e. The highest BCUT2D eigenvalue weighted by atomic mass is 15.1. The first kappa shape index (κ1) is 9.26. The van der Waals surface area contributed by atoms with Crippen molar-refractivity contribution >= 4 is 0 Å². The predicted molar refractivity (Wildman–Crippen MR) is 56.7 cm³/mol. The normalized spacial score (nSPS) is 33.8. The van der Waals surface area contributed by atoms with E-state index in [-0.39, 0.29) is 0 Å². The summed E-state index contributed by atoms with van der Waals surface area (Å²) >= 11 is 0. The molecule has 13 heavy (non-hydrogen) atoms. The number of hydrogen-bond acceptors (Lipinski definition) is 1. The Hall–Kier alpha value is -0.300. The minimum absolute atomic E-state index is 0.810. The van der Waals surface area contributed by atoms with Crippen LogP contribution in [0.3, 0.4) is 0 Å². The van der Waals surface area contributed by atoms with E-state index in [0.717, 1.165) is 17.9 Å². The molecule has 0 aromatic rings. The molecule has 1 heteroatoms. The maximum atomic E-state index is 3.36. The van der Waals surface area contributed by atoms with Crippen LogP contribution >= 0.6 is 0 Å². The van der Waals surface area contributed by atoms with E-state index in [1.165, 1.54) is 32.2 Å². The zero-order chi connectivity index (χ0) is 9.26. The van der Waals surface area contributed by atoms with Crippen LogP contribution < -0.4 is 5.32 Å². The number of nitrogens with one attached hydrogen (secondary N) is 1. The van der Waals surface area contributed by atoms with Gasteiger partial charge in [-0.25, -0.2) is 0 Å². The molecule has 0 radical (unpaired) electrons. The van der Waals surface area contributed by atoms with Gasteiger partial charge in [0.1, 0.15) is 0 Å². The second-order valence-electron chi connectivity index (χ2n) is 5.00. The van der Waals surface area contributed by atoms with Crippen LogP contribution in [0.2, 0.25) is 0 Å². The van der Waals surface area contributed by atoms with Gasteiger partial charge in [-0.3, -0.25) is 0 Å². The maximum Gasteiger partial charge on any atom is 0.0193 e. The predicted octanol–water partition coefficient (Wildman–Crippen LogP) is 2.73. The zero-order valence-corrected chi connectivity index (χ0v) is 8.84. The average Bonchev–Trinajstić information content (AvgIpc) is 2.81. The van der Waals surface area contributed by atoms with Crippen LogP contribution in [0.1, 0.15) is 39.5 Å². The van der Waals surface area contributed by atoms with Crippen molar-refractivity contribution < 1.29 is 0 Å². The Labute approximate surface area is 81.6 Å². The van der Waals surface area contributed by atoms with Crippen LogP contribution in [-0.2, 0) is 0 Å². The van der Waals surface area contributed by atoms with Gasteiger partial charge in [0.05, 0.1) is 0 Å². The van der Waals surface area contributed by atoms with E-state index in [4.69, 9.17) is 0 Å². The summed E-state index contributed by atoms with van der Waals surface area (Å²) in [6.07, 6.45) is 8.00. The highest BCUT2D eigenvalue weighted by Crippen LogP contribution is 2.33. The number of rotatable bonds is 4. The SMILES string of the molecule is CC(C=C1CC(C)C1)CCC1CN1. The van der Waals surface area contributed by atoms with Crippen LogP contribution in [-0.4, -0.2) is 12.6 Å². The van der Waals surface area contributed by atoms with Crippen molar-refractivity contribution in [2.75, 3.05) is 6.54 Å². The van der Waals surface area contributed by atoms with Crippen molar-refractivity contribution in [3.63, 3.8) is 0 Å². The first-order valence-electron chi connectivity index (χ1n) is 5.67. The first-order chi connectivity index (χ1) is 6.24. The lowest BCUT2D eigenvalue weighted by molar-refractivity contribution is 0.450. The van der Waals surface area contributed by atoms with Gasteiger partial charge in [0.15, 0.2) is 0 Å². The van der Waals surface area contributed by atoms with Crippen molar-refractivity contribution in [3.8, 4) is 0 Å². The zero-order valence-electron chi connectivity index (χ0n) is 8.84. The van der Waals surface area contributed by atoms with Crippen molar-refractivity contribution in [2.24, 2.45) is 11.8 Å². The van der Waals surface area contributed by atoms with E-state index in [9.17, 15) is 0 Å². The number of allylic oxidation sites excluding steroid dienone is 2. The molecule has 2 fully saturated rings. The molecular formula is C12H21N. The molecule has 1 heterocycles. The summed E-state index contributed by atoms with van der Waals surface area (Å²) in [4.78, 5) is 0. The smallest absolute Gasteiger partial charge is 0.0193 e. The molecule has 1 saturated heterocycles. The Kier molecular flexibility index (Phi) is 2.73. The molecular weight excluding hydrogens is 158 g/mol. The molecule has 0 bridgehead atoms. The Morgan fingerprint density at radius 2 is 2.23 bits per heavy atom. The fourth-order valence-corrected chi connectivity index (χ4v) is 2.21. The topological polar surface area (TPSA) is 21.9 Å². The van der Waals surface area contributed by atoms with E-state index in [2.05, 4.69) is 25.2 Å². The van der Waals surface area contributed by atoms with Crippen molar-refractivity contribution in [2.45, 2.75) is 45.6 Å². The Bertz CT molecular complexity index is 195. The number of hydrogen-bond donors (Lipinski definition) is 1. The van der Waals surface area contributed by atoms with Crippen LogP contribution in [0.15, 0.2) is 11.6 Å². The van der Waals surface area contributed by atoms with Gasteiger partial charge in [-0.1, -0.05) is 25.5 Å². The van der Waals surface area contributed by atoms with Gasteiger partial charge in [0.2, 0.25) is 0 Å². The van der Waals surface area contributed by atoms with E-state index in [0.29, 0.717) is 0 Å². The van der Waals surface area contributed by atoms with E-state index < -0.39 is 0 Å². The summed E-state index contributed by atoms with van der Waals surface area (Å²) < 4.78 is 0. The summed E-state index contributed by atoms with van der Waals surface area (Å²) in [5.74, 6) is 1.77. The fourth-order valence-electron chi connectivity index (χ4n) is 2.21. The molecule has 1 nitrogen and oxygen atoms in total. The molecule has 1 aliphatic carbocycles. The summed E-state index contributed by atoms with van der Waals surface area (Å²) in [5.41, 5.74) is 1.71. The van der Waals surface area contributed by atoms with Gasteiger partial charge in [-0.05, 0) is 37.5 Å². The second kappa shape index (κ2) is 3.83. The summed E-state index contributed by atoms with van der Waals surface area (Å²) in [5, 5.41) is 3.36. The third-order valence-corrected chi connectivity index (χ3v) is 3.20. The first-order valence-corrected chi connectivity index (χ1v) is 5.67. The van der Waals surface area contributed by atoms with Gasteiger partial charge in [-0.15, -0.1) is 0 Å². The lowest BCUT2D eigenvalue weighted by atomic mass is 9.80. The van der Waals surface area contributed by atoms with E-state index >= 15 is 0 Å². The third kappa shape index (κ3) is 2.84. The molecule has 0 aromatic carbocycles. The monoisotopic (exact) mass is 179 g/mol. The summed E-state index contributed by atoms with van der Waals surface area (Å²) in [6.45, 7) is 5.97. The van der Waals surface area contributed by atoms with Crippen LogP contribution in [0.4, 0.5) is 0 Å². The Balaban J connectivity index is 1.65.